The number of nitrogens with one attached hydrogen (secondary N) is 2. The first-order valence-electron chi connectivity index (χ1n) is 6.62. The van der Waals surface area contributed by atoms with Crippen LogP contribution >= 0.6 is 11.6 Å². The van der Waals surface area contributed by atoms with Gasteiger partial charge >= 0.3 is 0 Å². The minimum atomic E-state index is -0.412. The second kappa shape index (κ2) is 7.59. The molecule has 0 heterocycles. The first-order chi connectivity index (χ1) is 10.6. The van der Waals surface area contributed by atoms with Crippen LogP contribution in [0.1, 0.15) is 15.9 Å². The lowest BCUT2D eigenvalue weighted by Gasteiger charge is -2.08. The SMILES string of the molecule is O=C(CNC(=O)c1ccccc1Cl)Nc1cccc(CO)c1. The van der Waals surface area contributed by atoms with Gasteiger partial charge in [-0.25, -0.2) is 0 Å². The Hall–Kier alpha value is -2.37. The fourth-order valence-corrected chi connectivity index (χ4v) is 2.08. The number of rotatable bonds is 5. The molecule has 0 spiro atoms. The molecule has 3 N–H and O–H groups in total. The van der Waals surface area contributed by atoms with Crippen molar-refractivity contribution in [1.82, 2.24) is 5.32 Å². The van der Waals surface area contributed by atoms with Gasteiger partial charge in [0.25, 0.3) is 5.91 Å². The molecule has 2 rings (SSSR count). The highest BCUT2D eigenvalue weighted by atomic mass is 35.5. The van der Waals surface area contributed by atoms with E-state index in [0.29, 0.717) is 21.8 Å². The summed E-state index contributed by atoms with van der Waals surface area (Å²) < 4.78 is 0. The van der Waals surface area contributed by atoms with E-state index in [0.717, 1.165) is 0 Å². The van der Waals surface area contributed by atoms with Crippen LogP contribution in [0.3, 0.4) is 0 Å². The van der Waals surface area contributed by atoms with Gasteiger partial charge in [0.2, 0.25) is 5.91 Å². The third kappa shape index (κ3) is 4.31. The molecule has 0 aromatic heterocycles. The fourth-order valence-electron chi connectivity index (χ4n) is 1.85. The van der Waals surface area contributed by atoms with Crippen molar-refractivity contribution in [2.24, 2.45) is 0 Å². The fraction of sp³-hybridized carbons (Fsp3) is 0.125. The highest BCUT2D eigenvalue weighted by Gasteiger charge is 2.11. The van der Waals surface area contributed by atoms with E-state index in [4.69, 9.17) is 16.7 Å². The molecule has 0 radical (unpaired) electrons. The van der Waals surface area contributed by atoms with Crippen LogP contribution < -0.4 is 10.6 Å². The van der Waals surface area contributed by atoms with E-state index >= 15 is 0 Å². The van der Waals surface area contributed by atoms with Crippen LogP contribution in [0.5, 0.6) is 0 Å². The predicted octanol–water partition coefficient (Wildman–Crippen LogP) is 2.20. The molecular weight excluding hydrogens is 304 g/mol. The van der Waals surface area contributed by atoms with Gasteiger partial charge in [-0.15, -0.1) is 0 Å². The molecular formula is C16H15ClN2O3. The summed E-state index contributed by atoms with van der Waals surface area (Å²) in [6.07, 6.45) is 0. The summed E-state index contributed by atoms with van der Waals surface area (Å²) in [5.41, 5.74) is 1.57. The normalized spacial score (nSPS) is 10.1. The van der Waals surface area contributed by atoms with Crippen molar-refractivity contribution in [2.45, 2.75) is 6.61 Å². The number of halogens is 1. The highest BCUT2D eigenvalue weighted by molar-refractivity contribution is 6.33. The zero-order valence-corrected chi connectivity index (χ0v) is 12.4. The van der Waals surface area contributed by atoms with E-state index in [1.807, 2.05) is 0 Å². The molecule has 5 nitrogen and oxygen atoms in total. The van der Waals surface area contributed by atoms with Gasteiger partial charge in [0.05, 0.1) is 23.7 Å². The Labute approximate surface area is 132 Å². The van der Waals surface area contributed by atoms with Crippen LogP contribution in [0, 0.1) is 0 Å². The second-order valence-corrected chi connectivity index (χ2v) is 4.98. The van der Waals surface area contributed by atoms with Crippen molar-refractivity contribution in [2.75, 3.05) is 11.9 Å². The van der Waals surface area contributed by atoms with E-state index < -0.39 is 5.91 Å². The number of carbonyl (C=O) groups excluding carboxylic acids is 2. The van der Waals surface area contributed by atoms with E-state index in [9.17, 15) is 9.59 Å². The van der Waals surface area contributed by atoms with Gasteiger partial charge in [0.1, 0.15) is 0 Å². The maximum absolute atomic E-state index is 11.9. The summed E-state index contributed by atoms with van der Waals surface area (Å²) >= 11 is 5.91. The number of anilines is 1. The average molecular weight is 319 g/mol. The average Bonchev–Trinajstić information content (AvgIpc) is 2.53. The van der Waals surface area contributed by atoms with Crippen molar-refractivity contribution in [1.29, 1.82) is 0 Å². The van der Waals surface area contributed by atoms with E-state index in [2.05, 4.69) is 10.6 Å². The number of hydrogen-bond acceptors (Lipinski definition) is 3. The number of amides is 2. The number of aliphatic hydroxyl groups is 1. The van der Waals surface area contributed by atoms with Gasteiger partial charge in [-0.3, -0.25) is 9.59 Å². The van der Waals surface area contributed by atoms with Gasteiger partial charge in [0, 0.05) is 5.69 Å². The van der Waals surface area contributed by atoms with Gasteiger partial charge in [-0.2, -0.15) is 0 Å². The van der Waals surface area contributed by atoms with E-state index in [1.54, 1.807) is 48.5 Å². The third-order valence-electron chi connectivity index (χ3n) is 2.92. The monoisotopic (exact) mass is 318 g/mol. The Morgan fingerprint density at radius 2 is 1.86 bits per heavy atom. The van der Waals surface area contributed by atoms with Crippen LogP contribution in [0.25, 0.3) is 0 Å². The largest absolute Gasteiger partial charge is 0.392 e. The molecule has 6 heteroatoms. The summed E-state index contributed by atoms with van der Waals surface area (Å²) in [6, 6.07) is 13.4. The molecule has 0 aliphatic carbocycles. The smallest absolute Gasteiger partial charge is 0.253 e. The molecule has 2 amide bonds. The van der Waals surface area contributed by atoms with Crippen molar-refractivity contribution in [3.8, 4) is 0 Å². The number of aliphatic hydroxyl groups excluding tert-OH is 1. The summed E-state index contributed by atoms with van der Waals surface area (Å²) in [5, 5.41) is 14.5. The Morgan fingerprint density at radius 3 is 2.59 bits per heavy atom. The van der Waals surface area contributed by atoms with Gasteiger partial charge in [0.15, 0.2) is 0 Å². The molecule has 0 aliphatic rings. The molecule has 0 aliphatic heterocycles. The maximum atomic E-state index is 11.9. The third-order valence-corrected chi connectivity index (χ3v) is 3.25. The van der Waals surface area contributed by atoms with E-state index in [1.165, 1.54) is 0 Å². The van der Waals surface area contributed by atoms with Gasteiger partial charge in [-0.1, -0.05) is 35.9 Å². The van der Waals surface area contributed by atoms with Crippen LogP contribution in [0.2, 0.25) is 5.02 Å². The zero-order chi connectivity index (χ0) is 15.9. The summed E-state index contributed by atoms with van der Waals surface area (Å²) in [4.78, 5) is 23.7. The van der Waals surface area contributed by atoms with Crippen LogP contribution in [0.15, 0.2) is 48.5 Å². The minimum absolute atomic E-state index is 0.104. The standard InChI is InChI=1S/C16H15ClN2O3/c17-14-7-2-1-6-13(14)16(22)18-9-15(21)19-12-5-3-4-11(8-12)10-20/h1-8,20H,9-10H2,(H,18,22)(H,19,21). The van der Waals surface area contributed by atoms with Crippen molar-refractivity contribution < 1.29 is 14.7 Å². The lowest BCUT2D eigenvalue weighted by molar-refractivity contribution is -0.115. The Kier molecular flexibility index (Phi) is 5.52. The Bertz CT molecular complexity index is 689. The molecule has 2 aromatic carbocycles. The molecule has 2 aromatic rings. The topological polar surface area (TPSA) is 78.4 Å². The first kappa shape index (κ1) is 16.0. The molecule has 0 saturated carbocycles. The molecule has 0 atom stereocenters. The molecule has 22 heavy (non-hydrogen) atoms. The Morgan fingerprint density at radius 1 is 1.09 bits per heavy atom. The van der Waals surface area contributed by atoms with Gasteiger partial charge in [-0.05, 0) is 29.8 Å². The summed E-state index contributed by atoms with van der Waals surface area (Å²) in [6.45, 7) is -0.277. The molecule has 0 saturated heterocycles. The van der Waals surface area contributed by atoms with Crippen LogP contribution in [-0.2, 0) is 11.4 Å². The van der Waals surface area contributed by atoms with Crippen LogP contribution in [0.4, 0.5) is 5.69 Å². The number of benzene rings is 2. The molecule has 0 fully saturated rings. The lowest BCUT2D eigenvalue weighted by Crippen LogP contribution is -2.33. The quantitative estimate of drug-likeness (QED) is 0.791. The van der Waals surface area contributed by atoms with Crippen molar-refractivity contribution >= 4 is 29.1 Å². The lowest BCUT2D eigenvalue weighted by atomic mass is 10.2. The zero-order valence-electron chi connectivity index (χ0n) is 11.7. The first-order valence-corrected chi connectivity index (χ1v) is 7.00. The number of carbonyl (C=O) groups is 2. The molecule has 0 unspecified atom stereocenters. The van der Waals surface area contributed by atoms with Crippen molar-refractivity contribution in [3.05, 3.63) is 64.7 Å². The predicted molar refractivity (Wildman–Crippen MR) is 84.8 cm³/mol. The van der Waals surface area contributed by atoms with E-state index in [-0.39, 0.29) is 19.1 Å². The minimum Gasteiger partial charge on any atom is -0.392 e. The summed E-state index contributed by atoms with van der Waals surface area (Å²) in [5.74, 6) is -0.777. The number of hydrogen-bond donors (Lipinski definition) is 3. The van der Waals surface area contributed by atoms with Crippen LogP contribution in [-0.4, -0.2) is 23.5 Å². The maximum Gasteiger partial charge on any atom is 0.253 e. The van der Waals surface area contributed by atoms with Gasteiger partial charge < -0.3 is 15.7 Å². The Balaban J connectivity index is 1.90. The molecule has 0 bridgehead atoms. The van der Waals surface area contributed by atoms with Crippen molar-refractivity contribution in [3.63, 3.8) is 0 Å². The highest BCUT2D eigenvalue weighted by Crippen LogP contribution is 2.14. The molecule has 114 valence electrons. The summed E-state index contributed by atoms with van der Waals surface area (Å²) in [7, 11) is 0. The second-order valence-electron chi connectivity index (χ2n) is 4.57.